The van der Waals surface area contributed by atoms with Crippen molar-refractivity contribution in [3.8, 4) is 56.2 Å². The molecule has 0 saturated carbocycles. The van der Waals surface area contributed by atoms with Gasteiger partial charge in [-0.25, -0.2) is 4.98 Å². The number of phenols is 1. The first-order chi connectivity index (χ1) is 25.0. The molecule has 1 N–H and O–H groups in total. The minimum absolute atomic E-state index is 0. The van der Waals surface area contributed by atoms with Gasteiger partial charge >= 0.3 is 0 Å². The van der Waals surface area contributed by atoms with Crippen LogP contribution in [0.4, 0.5) is 0 Å². The van der Waals surface area contributed by atoms with E-state index in [1.165, 1.54) is 11.1 Å². The van der Waals surface area contributed by atoms with Crippen LogP contribution in [0.15, 0.2) is 140 Å². The van der Waals surface area contributed by atoms with Crippen LogP contribution < -0.4 is 0 Å². The van der Waals surface area contributed by atoms with Gasteiger partial charge in [0, 0.05) is 38.5 Å². The molecule has 0 spiro atoms. The molecular weight excluding hydrogens is 830 g/mol. The Morgan fingerprint density at radius 2 is 1.23 bits per heavy atom. The summed E-state index contributed by atoms with van der Waals surface area (Å²) in [5, 5.41) is 12.2. The predicted molar refractivity (Wildman–Crippen MR) is 216 cm³/mol. The van der Waals surface area contributed by atoms with Gasteiger partial charge in [0.15, 0.2) is 0 Å². The average Bonchev–Trinajstić information content (AvgIpc) is 3.53. The molecule has 0 aliphatic heterocycles. The zero-order valence-electron chi connectivity index (χ0n) is 30.9. The monoisotopic (exact) mass is 871 g/mol. The number of phenolic OH excluding ortho intramolecular Hbond substituents is 1. The first-order valence-electron chi connectivity index (χ1n) is 17.9. The Morgan fingerprint density at radius 1 is 0.566 bits per heavy atom. The van der Waals surface area contributed by atoms with E-state index in [0.717, 1.165) is 61.0 Å². The number of hydrogen-bond acceptors (Lipinski definition) is 3. The quantitative estimate of drug-likeness (QED) is 0.175. The van der Waals surface area contributed by atoms with Gasteiger partial charge in [0.05, 0.1) is 16.6 Å². The van der Waals surface area contributed by atoms with Gasteiger partial charge in [-0.15, -0.1) is 34.9 Å². The SMILES string of the molecule is CC(C)(C)c1ccc(-n2c(-c3ccccc3O)nc3c(-c4[c-]c(-c5cc(-c6ccccc6)cc6cccnc56)cc(C(C)(C)C)c4)cccc32)cc1.[Pt]. The molecule has 0 bridgehead atoms. The van der Waals surface area contributed by atoms with Crippen LogP contribution in [0.2, 0.25) is 0 Å². The van der Waals surface area contributed by atoms with Crippen LogP contribution in [-0.4, -0.2) is 19.6 Å². The maximum absolute atomic E-state index is 11.1. The first kappa shape index (κ1) is 36.1. The molecule has 0 amide bonds. The van der Waals surface area contributed by atoms with Crippen molar-refractivity contribution in [2.24, 2.45) is 0 Å². The fourth-order valence-corrected chi connectivity index (χ4v) is 7.02. The second-order valence-corrected chi connectivity index (χ2v) is 15.7. The molecule has 0 unspecified atom stereocenters. The minimum atomic E-state index is -0.137. The molecule has 8 rings (SSSR count). The number of rotatable bonds is 5. The third-order valence-corrected chi connectivity index (χ3v) is 9.95. The van der Waals surface area contributed by atoms with Gasteiger partial charge < -0.3 is 5.11 Å². The maximum atomic E-state index is 11.1. The Bertz CT molecular complexity index is 2590. The summed E-state index contributed by atoms with van der Waals surface area (Å²) in [6, 6.07) is 49.9. The third-order valence-electron chi connectivity index (χ3n) is 9.95. The number of nitrogens with zero attached hydrogens (tertiary/aromatic N) is 3. The molecule has 6 aromatic carbocycles. The summed E-state index contributed by atoms with van der Waals surface area (Å²) in [6.07, 6.45) is 1.87. The van der Waals surface area contributed by atoms with E-state index in [9.17, 15) is 5.11 Å². The van der Waals surface area contributed by atoms with Gasteiger partial charge in [0.1, 0.15) is 11.6 Å². The molecule has 53 heavy (non-hydrogen) atoms. The van der Waals surface area contributed by atoms with Crippen LogP contribution in [0.5, 0.6) is 5.75 Å². The number of pyridine rings is 1. The van der Waals surface area contributed by atoms with Crippen molar-refractivity contribution in [1.82, 2.24) is 14.5 Å². The molecule has 2 aromatic heterocycles. The van der Waals surface area contributed by atoms with Crippen molar-refractivity contribution in [1.29, 1.82) is 0 Å². The summed E-state index contributed by atoms with van der Waals surface area (Å²) in [6.45, 7) is 13.4. The van der Waals surface area contributed by atoms with Crippen LogP contribution in [0, 0.1) is 6.07 Å². The number of aromatic nitrogens is 3. The Balaban J connectivity index is 0.00000435. The number of fused-ring (bicyclic) bond motifs is 2. The van der Waals surface area contributed by atoms with E-state index in [-0.39, 0.29) is 37.6 Å². The minimum Gasteiger partial charge on any atom is -0.507 e. The van der Waals surface area contributed by atoms with Crippen molar-refractivity contribution in [2.45, 2.75) is 52.4 Å². The van der Waals surface area contributed by atoms with Gasteiger partial charge in [-0.3, -0.25) is 9.55 Å². The molecule has 0 radical (unpaired) electrons. The van der Waals surface area contributed by atoms with Gasteiger partial charge in [-0.1, -0.05) is 132 Å². The normalized spacial score (nSPS) is 11.9. The van der Waals surface area contributed by atoms with Crippen molar-refractivity contribution < 1.29 is 26.2 Å². The molecule has 4 nitrogen and oxygen atoms in total. The maximum Gasteiger partial charge on any atom is 0.148 e. The van der Waals surface area contributed by atoms with E-state index in [1.807, 2.05) is 36.5 Å². The second kappa shape index (κ2) is 13.9. The first-order valence-corrected chi connectivity index (χ1v) is 17.9. The molecule has 266 valence electrons. The zero-order valence-corrected chi connectivity index (χ0v) is 33.2. The summed E-state index contributed by atoms with van der Waals surface area (Å²) >= 11 is 0. The summed E-state index contributed by atoms with van der Waals surface area (Å²) in [5.74, 6) is 0.871. The molecule has 0 atom stereocenters. The number of hydrogen-bond donors (Lipinski definition) is 1. The Labute approximate surface area is 326 Å². The number of para-hydroxylation sites is 2. The van der Waals surface area contributed by atoms with Crippen molar-refractivity contribution in [3.05, 3.63) is 157 Å². The summed E-state index contributed by atoms with van der Waals surface area (Å²) < 4.78 is 2.16. The Morgan fingerprint density at radius 3 is 1.92 bits per heavy atom. The summed E-state index contributed by atoms with van der Waals surface area (Å²) in [7, 11) is 0. The molecule has 5 heteroatoms. The van der Waals surface area contributed by atoms with Crippen LogP contribution in [0.3, 0.4) is 0 Å². The van der Waals surface area contributed by atoms with E-state index in [4.69, 9.17) is 9.97 Å². The van der Waals surface area contributed by atoms with E-state index >= 15 is 0 Å². The van der Waals surface area contributed by atoms with Crippen LogP contribution in [-0.2, 0) is 31.9 Å². The molecule has 0 saturated heterocycles. The van der Waals surface area contributed by atoms with Crippen LogP contribution >= 0.6 is 0 Å². The fraction of sp³-hybridized carbons (Fsp3) is 0.167. The Hall–Kier alpha value is -5.31. The Kier molecular flexibility index (Phi) is 9.47. The van der Waals surface area contributed by atoms with Crippen molar-refractivity contribution >= 4 is 21.9 Å². The third kappa shape index (κ3) is 6.85. The average molecular weight is 872 g/mol. The molecular formula is C48H42N3OPt-. The van der Waals surface area contributed by atoms with Crippen LogP contribution in [0.1, 0.15) is 52.7 Å². The van der Waals surface area contributed by atoms with E-state index in [1.54, 1.807) is 6.07 Å². The topological polar surface area (TPSA) is 50.9 Å². The largest absolute Gasteiger partial charge is 0.507 e. The molecule has 0 aliphatic carbocycles. The van der Waals surface area contributed by atoms with Crippen molar-refractivity contribution in [2.75, 3.05) is 0 Å². The zero-order chi connectivity index (χ0) is 36.2. The molecule has 0 fully saturated rings. The second-order valence-electron chi connectivity index (χ2n) is 15.7. The molecule has 8 aromatic rings. The summed E-state index contributed by atoms with van der Waals surface area (Å²) in [5.41, 5.74) is 13.0. The number of benzene rings is 6. The van der Waals surface area contributed by atoms with E-state index in [0.29, 0.717) is 11.4 Å². The van der Waals surface area contributed by atoms with Crippen LogP contribution in [0.25, 0.3) is 72.4 Å². The smallest absolute Gasteiger partial charge is 0.148 e. The van der Waals surface area contributed by atoms with E-state index in [2.05, 4.69) is 149 Å². The predicted octanol–water partition coefficient (Wildman–Crippen LogP) is 12.3. The fourth-order valence-electron chi connectivity index (χ4n) is 7.02. The van der Waals surface area contributed by atoms with Gasteiger partial charge in [0.2, 0.25) is 0 Å². The van der Waals surface area contributed by atoms with Gasteiger partial charge in [-0.2, -0.15) is 0 Å². The standard InChI is InChI=1S/C48H42N3O.Pt/c1-47(2,3)36-21-23-38(24-22-36)51-42-19-12-18-39(45(42)50-46(51)40-17-10-11-20-43(40)52)34-27-35(29-37(28-34)48(4,5)6)41-30-33(31-14-8-7-9-15-31)26-32-16-13-25-49-44(32)41;/h7-26,28-30,52H,1-6H3;/q-1;. The van der Waals surface area contributed by atoms with Gasteiger partial charge in [-0.05, 0) is 75.4 Å². The number of imidazole rings is 1. The number of aromatic hydroxyl groups is 1. The molecule has 0 aliphatic rings. The van der Waals surface area contributed by atoms with Crippen molar-refractivity contribution in [3.63, 3.8) is 0 Å². The summed E-state index contributed by atoms with van der Waals surface area (Å²) in [4.78, 5) is 10.2. The molecule has 2 heterocycles. The van der Waals surface area contributed by atoms with E-state index < -0.39 is 0 Å². The van der Waals surface area contributed by atoms with Gasteiger partial charge in [0.25, 0.3) is 0 Å².